The number of hydrogen-bond donors (Lipinski definition) is 0. The van der Waals surface area contributed by atoms with Crippen LogP contribution in [-0.2, 0) is 19.6 Å². The first-order valence-corrected chi connectivity index (χ1v) is 9.19. The predicted octanol–water partition coefficient (Wildman–Crippen LogP) is 4.99. The molecule has 0 fully saturated rings. The van der Waals surface area contributed by atoms with Crippen LogP contribution >= 0.6 is 23.2 Å². The molecule has 0 N–H and O–H groups in total. The maximum atomic E-state index is 9.44. The van der Waals surface area contributed by atoms with E-state index in [1.807, 2.05) is 17.0 Å². The maximum absolute atomic E-state index is 9.44. The van der Waals surface area contributed by atoms with Gasteiger partial charge in [0.2, 0.25) is 17.5 Å². The fourth-order valence-corrected chi connectivity index (χ4v) is 3.57. The Morgan fingerprint density at radius 3 is 2.78 bits per heavy atom. The van der Waals surface area contributed by atoms with Crippen LogP contribution in [0.3, 0.4) is 0 Å². The number of halogens is 2. The first kappa shape index (κ1) is 17.7. The third kappa shape index (κ3) is 3.73. The van der Waals surface area contributed by atoms with E-state index < -0.39 is 0 Å². The number of nitrogens with zero attached hydrogens (tertiary/aromatic N) is 3. The Balaban J connectivity index is 1.52. The van der Waals surface area contributed by atoms with Crippen LogP contribution in [0.2, 0.25) is 10.0 Å². The van der Waals surface area contributed by atoms with Crippen molar-refractivity contribution >= 4 is 29.1 Å². The van der Waals surface area contributed by atoms with Crippen LogP contribution in [0.25, 0.3) is 0 Å². The summed E-state index contributed by atoms with van der Waals surface area (Å²) in [5, 5.41) is 10.4. The second-order valence-corrected chi connectivity index (χ2v) is 7.02. The highest BCUT2D eigenvalue weighted by atomic mass is 35.5. The molecule has 0 amide bonds. The predicted molar refractivity (Wildman–Crippen MR) is 103 cm³/mol. The van der Waals surface area contributed by atoms with Crippen molar-refractivity contribution in [3.63, 3.8) is 0 Å². The zero-order valence-electron chi connectivity index (χ0n) is 14.3. The molecule has 136 valence electrons. The molecule has 1 aromatic heterocycles. The second-order valence-electron chi connectivity index (χ2n) is 6.18. The van der Waals surface area contributed by atoms with Crippen LogP contribution in [-0.4, -0.2) is 11.5 Å². The SMILES string of the molecule is N#Cc1nc(COc2ccc(Cl)cc2Cl)oc1N1CCc2ccccc2C1. The highest BCUT2D eigenvalue weighted by Gasteiger charge is 2.24. The van der Waals surface area contributed by atoms with Crippen LogP contribution in [0, 0.1) is 11.3 Å². The van der Waals surface area contributed by atoms with Gasteiger partial charge in [0.05, 0.1) is 5.02 Å². The van der Waals surface area contributed by atoms with Gasteiger partial charge in [-0.25, -0.2) is 0 Å². The zero-order chi connectivity index (χ0) is 18.8. The standard InChI is InChI=1S/C20H15Cl2N3O2/c21-15-5-6-18(16(22)9-15)26-12-19-24-17(10-23)20(27-19)25-8-7-13-3-1-2-4-14(13)11-25/h1-6,9H,7-8,11-12H2. The fourth-order valence-electron chi connectivity index (χ4n) is 3.10. The lowest BCUT2D eigenvalue weighted by Gasteiger charge is -2.28. The van der Waals surface area contributed by atoms with Crippen LogP contribution in [0.1, 0.15) is 22.7 Å². The van der Waals surface area contributed by atoms with Crippen molar-refractivity contribution in [1.82, 2.24) is 4.98 Å². The molecule has 0 unspecified atom stereocenters. The van der Waals surface area contributed by atoms with E-state index in [2.05, 4.69) is 23.2 Å². The van der Waals surface area contributed by atoms with Crippen molar-refractivity contribution in [2.75, 3.05) is 11.4 Å². The number of ether oxygens (including phenoxy) is 1. The molecular weight excluding hydrogens is 385 g/mol. The quantitative estimate of drug-likeness (QED) is 0.617. The molecule has 7 heteroatoms. The van der Waals surface area contributed by atoms with E-state index in [-0.39, 0.29) is 12.3 Å². The van der Waals surface area contributed by atoms with Crippen molar-refractivity contribution in [3.05, 3.63) is 75.2 Å². The van der Waals surface area contributed by atoms with Gasteiger partial charge in [-0.1, -0.05) is 47.5 Å². The van der Waals surface area contributed by atoms with Crippen LogP contribution in [0.15, 0.2) is 46.9 Å². The molecule has 2 heterocycles. The summed E-state index contributed by atoms with van der Waals surface area (Å²) in [5.74, 6) is 1.28. The fraction of sp³-hybridized carbons (Fsp3) is 0.200. The van der Waals surface area contributed by atoms with Crippen molar-refractivity contribution < 1.29 is 9.15 Å². The summed E-state index contributed by atoms with van der Waals surface area (Å²) >= 11 is 12.0. The molecular formula is C20H15Cl2N3O2. The third-order valence-corrected chi connectivity index (χ3v) is 4.95. The highest BCUT2D eigenvalue weighted by molar-refractivity contribution is 6.35. The van der Waals surface area contributed by atoms with Gasteiger partial charge in [-0.2, -0.15) is 10.2 Å². The van der Waals surface area contributed by atoms with Crippen molar-refractivity contribution in [3.8, 4) is 11.8 Å². The number of oxazole rings is 1. The summed E-state index contributed by atoms with van der Waals surface area (Å²) < 4.78 is 11.5. The molecule has 0 radical (unpaired) electrons. The number of benzene rings is 2. The van der Waals surface area contributed by atoms with E-state index in [1.54, 1.807) is 18.2 Å². The van der Waals surface area contributed by atoms with Gasteiger partial charge in [0.1, 0.15) is 11.8 Å². The Morgan fingerprint density at radius 1 is 1.19 bits per heavy atom. The lowest BCUT2D eigenvalue weighted by atomic mass is 10.00. The second kappa shape index (κ2) is 7.51. The monoisotopic (exact) mass is 399 g/mol. The Kier molecular flexibility index (Phi) is 4.93. The van der Waals surface area contributed by atoms with E-state index in [0.717, 1.165) is 13.0 Å². The van der Waals surface area contributed by atoms with Crippen molar-refractivity contribution in [2.45, 2.75) is 19.6 Å². The third-order valence-electron chi connectivity index (χ3n) is 4.42. The Labute approximate surface area is 166 Å². The first-order chi connectivity index (χ1) is 13.1. The summed E-state index contributed by atoms with van der Waals surface area (Å²) in [4.78, 5) is 6.29. The van der Waals surface area contributed by atoms with Gasteiger partial charge < -0.3 is 14.1 Å². The first-order valence-electron chi connectivity index (χ1n) is 8.43. The smallest absolute Gasteiger partial charge is 0.236 e. The number of rotatable bonds is 4. The summed E-state index contributed by atoms with van der Waals surface area (Å²) in [6.07, 6.45) is 0.897. The van der Waals surface area contributed by atoms with E-state index in [4.69, 9.17) is 32.4 Å². The van der Waals surface area contributed by atoms with E-state index >= 15 is 0 Å². The summed E-state index contributed by atoms with van der Waals surface area (Å²) in [6, 6.07) is 15.4. The van der Waals surface area contributed by atoms with Gasteiger partial charge in [-0.15, -0.1) is 0 Å². The molecule has 1 aliphatic heterocycles. The summed E-state index contributed by atoms with van der Waals surface area (Å²) in [5.41, 5.74) is 2.82. The van der Waals surface area contributed by atoms with Gasteiger partial charge in [0, 0.05) is 18.1 Å². The number of aromatic nitrogens is 1. The Morgan fingerprint density at radius 2 is 2.00 bits per heavy atom. The summed E-state index contributed by atoms with van der Waals surface area (Å²) in [7, 11) is 0. The molecule has 2 aromatic carbocycles. The molecule has 0 aliphatic carbocycles. The topological polar surface area (TPSA) is 62.3 Å². The minimum absolute atomic E-state index is 0.0699. The van der Waals surface area contributed by atoms with E-state index in [0.29, 0.717) is 34.1 Å². The number of anilines is 1. The van der Waals surface area contributed by atoms with Gasteiger partial charge in [-0.3, -0.25) is 0 Å². The van der Waals surface area contributed by atoms with Gasteiger partial charge >= 0.3 is 0 Å². The van der Waals surface area contributed by atoms with E-state index in [9.17, 15) is 5.26 Å². The van der Waals surface area contributed by atoms with Crippen molar-refractivity contribution in [1.29, 1.82) is 5.26 Å². The van der Waals surface area contributed by atoms with E-state index in [1.165, 1.54) is 11.1 Å². The number of fused-ring (bicyclic) bond motifs is 1. The minimum Gasteiger partial charge on any atom is -0.482 e. The molecule has 0 saturated carbocycles. The van der Waals surface area contributed by atoms with Gasteiger partial charge in [0.15, 0.2) is 6.61 Å². The molecule has 0 spiro atoms. The number of nitriles is 1. The summed E-state index contributed by atoms with van der Waals surface area (Å²) in [6.45, 7) is 1.52. The molecule has 0 saturated heterocycles. The average molecular weight is 400 g/mol. The lowest BCUT2D eigenvalue weighted by molar-refractivity contribution is 0.263. The van der Waals surface area contributed by atoms with Crippen LogP contribution in [0.5, 0.6) is 5.75 Å². The molecule has 0 atom stereocenters. The van der Waals surface area contributed by atoms with Crippen LogP contribution < -0.4 is 9.64 Å². The molecule has 3 aromatic rings. The largest absolute Gasteiger partial charge is 0.482 e. The minimum atomic E-state index is 0.0699. The molecule has 1 aliphatic rings. The lowest BCUT2D eigenvalue weighted by Crippen LogP contribution is -2.30. The highest BCUT2D eigenvalue weighted by Crippen LogP contribution is 2.30. The molecule has 27 heavy (non-hydrogen) atoms. The molecule has 5 nitrogen and oxygen atoms in total. The van der Waals surface area contributed by atoms with Gasteiger partial charge in [-0.05, 0) is 35.7 Å². The average Bonchev–Trinajstić information content (AvgIpc) is 3.10. The van der Waals surface area contributed by atoms with Crippen molar-refractivity contribution in [2.24, 2.45) is 0 Å². The van der Waals surface area contributed by atoms with Gasteiger partial charge in [0.25, 0.3) is 0 Å². The normalized spacial score (nSPS) is 13.1. The maximum Gasteiger partial charge on any atom is 0.236 e. The Bertz CT molecular complexity index is 1030. The molecule has 4 rings (SSSR count). The number of hydrogen-bond acceptors (Lipinski definition) is 5. The zero-order valence-corrected chi connectivity index (χ0v) is 15.8. The Hall–Kier alpha value is -2.68. The van der Waals surface area contributed by atoms with Crippen LogP contribution in [0.4, 0.5) is 5.88 Å². The molecule has 0 bridgehead atoms.